The number of amides is 5. The number of rotatable bonds is 17. The van der Waals surface area contributed by atoms with E-state index in [-0.39, 0.29) is 43.8 Å². The zero-order chi connectivity index (χ0) is 42.6. The van der Waals surface area contributed by atoms with Crippen molar-refractivity contribution < 1.29 is 39.0 Å². The molecule has 1 aromatic carbocycles. The molecule has 1 aliphatic rings. The lowest BCUT2D eigenvalue weighted by Gasteiger charge is -2.34. The molecule has 57 heavy (non-hydrogen) atoms. The van der Waals surface area contributed by atoms with Crippen LogP contribution in [0.1, 0.15) is 117 Å². The Morgan fingerprint density at radius 2 is 1.39 bits per heavy atom. The highest BCUT2D eigenvalue weighted by Gasteiger charge is 2.40. The predicted octanol–water partition coefficient (Wildman–Crippen LogP) is 1.77. The van der Waals surface area contributed by atoms with Crippen LogP contribution in [-0.2, 0) is 35.2 Å². The standard InChI is InChI=1S/C41H68N8O8/c1-27(2)25-33(37(54)55)46-35(52)32(26-28-17-19-29(50)20-18-28)48-39(57)41(4)22-12-8-6-5-7-11-21-40(3,44)38(56)47-30(15-9-13-23-42)34(51)45-31(36(53)49-41)16-10-14-24-43/h5-6,17-20,27,30-33,50H,7-16,21-26,42-44H2,1-4H3,(H,45,51)(H,46,52)(H,47,56)(H,48,57)(H,49,53)(H,54,55)/b6-5+/t30-,31-,32-,33-,40-,41+/m0/s1. The molecule has 320 valence electrons. The topological polar surface area (TPSA) is 281 Å². The fourth-order valence-electron chi connectivity index (χ4n) is 6.58. The van der Waals surface area contributed by atoms with E-state index in [1.807, 2.05) is 26.0 Å². The minimum atomic E-state index is -1.60. The third kappa shape index (κ3) is 17.2. The molecule has 0 spiro atoms. The van der Waals surface area contributed by atoms with Crippen LogP contribution in [0.3, 0.4) is 0 Å². The summed E-state index contributed by atoms with van der Waals surface area (Å²) in [5.41, 5.74) is 15.6. The Morgan fingerprint density at radius 3 is 1.93 bits per heavy atom. The van der Waals surface area contributed by atoms with E-state index in [2.05, 4.69) is 26.6 Å². The van der Waals surface area contributed by atoms with E-state index in [0.29, 0.717) is 76.4 Å². The molecule has 0 saturated heterocycles. The van der Waals surface area contributed by atoms with Crippen LogP contribution >= 0.6 is 0 Å². The molecule has 0 fully saturated rings. The number of carbonyl (C=O) groups excluding carboxylic acids is 5. The molecular formula is C41H68N8O8. The number of phenols is 1. The summed E-state index contributed by atoms with van der Waals surface area (Å²) in [5.74, 6) is -4.41. The molecule has 16 heteroatoms. The third-order valence-electron chi connectivity index (χ3n) is 10.2. The van der Waals surface area contributed by atoms with Crippen molar-refractivity contribution >= 4 is 35.5 Å². The van der Waals surface area contributed by atoms with Gasteiger partial charge in [-0.25, -0.2) is 4.79 Å². The van der Waals surface area contributed by atoms with E-state index in [9.17, 15) is 39.0 Å². The molecule has 13 N–H and O–H groups in total. The van der Waals surface area contributed by atoms with Gasteiger partial charge in [0, 0.05) is 6.42 Å². The van der Waals surface area contributed by atoms with E-state index in [0.717, 1.165) is 0 Å². The second kappa shape index (κ2) is 24.3. The van der Waals surface area contributed by atoms with Gasteiger partial charge >= 0.3 is 5.97 Å². The van der Waals surface area contributed by atoms with Gasteiger partial charge < -0.3 is 54.0 Å². The average Bonchev–Trinajstić information content (AvgIpc) is 3.14. The molecule has 0 saturated carbocycles. The van der Waals surface area contributed by atoms with E-state index in [4.69, 9.17) is 17.2 Å². The highest BCUT2D eigenvalue weighted by molar-refractivity contribution is 5.98. The normalized spacial score (nSPS) is 24.5. The number of aromatic hydroxyl groups is 1. The smallest absolute Gasteiger partial charge is 0.326 e. The molecule has 6 atom stereocenters. The van der Waals surface area contributed by atoms with Gasteiger partial charge in [-0.3, -0.25) is 24.0 Å². The zero-order valence-electron chi connectivity index (χ0n) is 34.2. The lowest BCUT2D eigenvalue weighted by atomic mass is 9.91. The fourth-order valence-corrected chi connectivity index (χ4v) is 6.58. The minimum absolute atomic E-state index is 0.00314. The van der Waals surface area contributed by atoms with Crippen molar-refractivity contribution in [1.29, 1.82) is 0 Å². The monoisotopic (exact) mass is 801 g/mol. The molecule has 0 bridgehead atoms. The Labute approximate surface area is 337 Å². The second-order valence-electron chi connectivity index (χ2n) is 16.1. The first kappa shape index (κ1) is 48.6. The predicted molar refractivity (Wildman–Crippen MR) is 218 cm³/mol. The van der Waals surface area contributed by atoms with Crippen molar-refractivity contribution in [2.75, 3.05) is 13.1 Å². The number of hydrogen-bond donors (Lipinski definition) is 10. The van der Waals surface area contributed by atoms with Crippen molar-refractivity contribution in [1.82, 2.24) is 26.6 Å². The summed E-state index contributed by atoms with van der Waals surface area (Å²) in [6, 6.07) is 1.46. The molecule has 1 aliphatic heterocycles. The Balaban J connectivity index is 2.54. The number of benzene rings is 1. The number of carbonyl (C=O) groups is 6. The maximum Gasteiger partial charge on any atom is 0.326 e. The maximum absolute atomic E-state index is 14.4. The van der Waals surface area contributed by atoms with Crippen LogP contribution in [0.4, 0.5) is 0 Å². The van der Waals surface area contributed by atoms with Gasteiger partial charge in [-0.2, -0.15) is 0 Å². The molecule has 0 aromatic heterocycles. The van der Waals surface area contributed by atoms with Crippen molar-refractivity contribution in [3.8, 4) is 5.75 Å². The Bertz CT molecular complexity index is 1500. The first-order chi connectivity index (χ1) is 26.9. The van der Waals surface area contributed by atoms with Gasteiger partial charge in [0.25, 0.3) is 0 Å². The molecular weight excluding hydrogens is 732 g/mol. The molecule has 2 rings (SSSR count). The summed E-state index contributed by atoms with van der Waals surface area (Å²) < 4.78 is 0. The summed E-state index contributed by atoms with van der Waals surface area (Å²) in [5, 5.41) is 33.5. The summed E-state index contributed by atoms with van der Waals surface area (Å²) in [6.07, 6.45) is 9.45. The molecule has 1 heterocycles. The number of carboxylic acids is 1. The van der Waals surface area contributed by atoms with E-state index >= 15 is 0 Å². The van der Waals surface area contributed by atoms with E-state index in [1.54, 1.807) is 26.0 Å². The summed E-state index contributed by atoms with van der Waals surface area (Å²) >= 11 is 0. The number of nitrogens with two attached hydrogens (primary N) is 3. The van der Waals surface area contributed by atoms with Crippen LogP contribution in [0.25, 0.3) is 0 Å². The highest BCUT2D eigenvalue weighted by atomic mass is 16.4. The van der Waals surface area contributed by atoms with Gasteiger partial charge in [-0.15, -0.1) is 0 Å². The number of nitrogens with one attached hydrogen (secondary N) is 5. The Kier molecular flexibility index (Phi) is 20.7. The summed E-state index contributed by atoms with van der Waals surface area (Å²) in [4.78, 5) is 81.7. The highest BCUT2D eigenvalue weighted by Crippen LogP contribution is 2.20. The zero-order valence-corrected chi connectivity index (χ0v) is 34.2. The van der Waals surface area contributed by atoms with Crippen LogP contribution in [0.15, 0.2) is 36.4 Å². The number of allylic oxidation sites excluding steroid dienone is 2. The van der Waals surface area contributed by atoms with Gasteiger partial charge in [0.1, 0.15) is 35.5 Å². The molecule has 1 aromatic rings. The van der Waals surface area contributed by atoms with Crippen LogP contribution in [0.2, 0.25) is 0 Å². The molecule has 5 amide bonds. The van der Waals surface area contributed by atoms with Crippen LogP contribution in [0.5, 0.6) is 5.75 Å². The largest absolute Gasteiger partial charge is 0.508 e. The third-order valence-corrected chi connectivity index (χ3v) is 10.2. The Hall–Kier alpha value is -4.54. The van der Waals surface area contributed by atoms with Crippen LogP contribution in [0, 0.1) is 5.92 Å². The molecule has 0 radical (unpaired) electrons. The number of aliphatic carboxylic acids is 1. The molecule has 16 nitrogen and oxygen atoms in total. The number of hydrogen-bond acceptors (Lipinski definition) is 10. The van der Waals surface area contributed by atoms with Crippen LogP contribution in [-0.4, -0.2) is 94.1 Å². The first-order valence-electron chi connectivity index (χ1n) is 20.3. The first-order valence-corrected chi connectivity index (χ1v) is 20.3. The number of carboxylic acid groups (broad SMARTS) is 1. The van der Waals surface area contributed by atoms with E-state index < -0.39 is 70.8 Å². The van der Waals surface area contributed by atoms with Crippen molar-refractivity contribution in [2.45, 2.75) is 153 Å². The van der Waals surface area contributed by atoms with Gasteiger partial charge in [0.05, 0.1) is 5.54 Å². The lowest BCUT2D eigenvalue weighted by molar-refractivity contribution is -0.143. The van der Waals surface area contributed by atoms with Gasteiger partial charge in [0.2, 0.25) is 29.5 Å². The lowest BCUT2D eigenvalue weighted by Crippen LogP contribution is -2.64. The maximum atomic E-state index is 14.4. The molecule has 0 aliphatic carbocycles. The van der Waals surface area contributed by atoms with Crippen molar-refractivity contribution in [2.24, 2.45) is 23.1 Å². The fraction of sp³-hybridized carbons (Fsp3) is 0.659. The van der Waals surface area contributed by atoms with Crippen molar-refractivity contribution in [3.63, 3.8) is 0 Å². The second-order valence-corrected chi connectivity index (χ2v) is 16.1. The Morgan fingerprint density at radius 1 is 0.825 bits per heavy atom. The number of unbranched alkanes of at least 4 members (excludes halogenated alkanes) is 2. The quantitative estimate of drug-likeness (QED) is 0.0801. The van der Waals surface area contributed by atoms with Gasteiger partial charge in [-0.05, 0) is 134 Å². The van der Waals surface area contributed by atoms with Gasteiger partial charge in [-0.1, -0.05) is 38.1 Å². The van der Waals surface area contributed by atoms with E-state index in [1.165, 1.54) is 12.1 Å². The van der Waals surface area contributed by atoms with Crippen LogP contribution < -0.4 is 43.8 Å². The van der Waals surface area contributed by atoms with Crippen molar-refractivity contribution in [3.05, 3.63) is 42.0 Å². The average molecular weight is 801 g/mol. The number of phenolic OH excluding ortho intramolecular Hbond substituents is 1. The van der Waals surface area contributed by atoms with Gasteiger partial charge in [0.15, 0.2) is 0 Å². The minimum Gasteiger partial charge on any atom is -0.508 e. The SMILES string of the molecule is CC(C)C[C@H](NC(=O)[C@H](Cc1ccc(O)cc1)NC(=O)[C@@]1(C)CCC/C=C/CCC[C@](C)(N)C(=O)N[C@@H](CCCCN)C(=O)N[C@@H](CCCCN)C(=O)N1)C(=O)O. The molecule has 0 unspecified atom stereocenters. The summed E-state index contributed by atoms with van der Waals surface area (Å²) in [7, 11) is 0. The summed E-state index contributed by atoms with van der Waals surface area (Å²) in [6.45, 7) is 7.58.